The van der Waals surface area contributed by atoms with Gasteiger partial charge in [0.1, 0.15) is 11.5 Å². The number of carboxylic acid groups (broad SMARTS) is 1. The lowest BCUT2D eigenvalue weighted by Crippen LogP contribution is -2.21. The number of benzene rings is 2. The molecule has 0 radical (unpaired) electrons. The molecule has 1 aromatic heterocycles. The van der Waals surface area contributed by atoms with Gasteiger partial charge in [0.2, 0.25) is 0 Å². The van der Waals surface area contributed by atoms with E-state index in [1.807, 2.05) is 30.3 Å². The molecule has 1 amide bonds. The molecule has 0 saturated carbocycles. The van der Waals surface area contributed by atoms with Crippen molar-refractivity contribution in [1.82, 2.24) is 0 Å². The normalized spacial score (nSPS) is 15.1. The van der Waals surface area contributed by atoms with Crippen LogP contribution in [0.4, 0.5) is 5.69 Å². The molecule has 1 aliphatic heterocycles. The van der Waals surface area contributed by atoms with Crippen molar-refractivity contribution in [2.75, 3.05) is 5.01 Å². The Morgan fingerprint density at radius 2 is 1.90 bits per heavy atom. The molecule has 0 bridgehead atoms. The Kier molecular flexibility index (Phi) is 4.78. The number of para-hydroxylation sites is 1. The molecule has 0 fully saturated rings. The van der Waals surface area contributed by atoms with Crippen molar-refractivity contribution in [3.05, 3.63) is 82.6 Å². The number of hydrazone groups is 1. The number of halogens is 1. The first kappa shape index (κ1) is 18.7. The largest absolute Gasteiger partial charge is 0.478 e. The van der Waals surface area contributed by atoms with Crippen molar-refractivity contribution in [3.8, 4) is 11.3 Å². The molecule has 6 nitrogen and oxygen atoms in total. The van der Waals surface area contributed by atoms with Gasteiger partial charge >= 0.3 is 5.97 Å². The van der Waals surface area contributed by atoms with Crippen molar-refractivity contribution < 1.29 is 19.1 Å². The van der Waals surface area contributed by atoms with E-state index in [1.165, 1.54) is 17.1 Å². The fourth-order valence-corrected chi connectivity index (χ4v) is 3.20. The number of furan rings is 1. The smallest absolute Gasteiger partial charge is 0.337 e. The standard InChI is InChI=1S/C22H15ClN2O4/c1-13-17(21(26)25(24-13)15-5-3-2-4-6-15)12-16-8-10-20(29-16)14-7-9-19(23)18(11-14)22(27)28/h2-12H,1H3,(H,27,28)/b17-12-. The van der Waals surface area contributed by atoms with Gasteiger partial charge in [-0.1, -0.05) is 29.8 Å². The number of amides is 1. The maximum absolute atomic E-state index is 12.8. The third kappa shape index (κ3) is 3.58. The Labute approximate surface area is 171 Å². The predicted molar refractivity (Wildman–Crippen MR) is 111 cm³/mol. The van der Waals surface area contributed by atoms with Crippen LogP contribution in [0.2, 0.25) is 5.02 Å². The highest BCUT2D eigenvalue weighted by atomic mass is 35.5. The summed E-state index contributed by atoms with van der Waals surface area (Å²) in [6.45, 7) is 1.76. The zero-order valence-corrected chi connectivity index (χ0v) is 16.1. The molecular formula is C22H15ClN2O4. The average Bonchev–Trinajstić information content (AvgIpc) is 3.29. The van der Waals surface area contributed by atoms with Crippen molar-refractivity contribution in [2.24, 2.45) is 5.10 Å². The molecule has 1 aliphatic rings. The Morgan fingerprint density at radius 3 is 2.62 bits per heavy atom. The SMILES string of the molecule is CC1=NN(c2ccccc2)C(=O)/C1=C\c1ccc(-c2ccc(Cl)c(C(=O)O)c2)o1. The lowest BCUT2D eigenvalue weighted by Gasteiger charge is -2.10. The molecule has 2 aromatic carbocycles. The van der Waals surface area contributed by atoms with Gasteiger partial charge in [-0.15, -0.1) is 0 Å². The van der Waals surface area contributed by atoms with Gasteiger partial charge in [-0.05, 0) is 55.5 Å². The van der Waals surface area contributed by atoms with E-state index in [4.69, 9.17) is 16.0 Å². The minimum absolute atomic E-state index is 0.00655. The van der Waals surface area contributed by atoms with E-state index in [2.05, 4.69) is 5.10 Å². The van der Waals surface area contributed by atoms with Crippen LogP contribution in [0.5, 0.6) is 0 Å². The van der Waals surface area contributed by atoms with E-state index in [-0.39, 0.29) is 16.5 Å². The van der Waals surface area contributed by atoms with Crippen molar-refractivity contribution in [3.63, 3.8) is 0 Å². The molecule has 4 rings (SSSR count). The summed E-state index contributed by atoms with van der Waals surface area (Å²) in [6.07, 6.45) is 1.63. The van der Waals surface area contributed by atoms with Gasteiger partial charge < -0.3 is 9.52 Å². The monoisotopic (exact) mass is 406 g/mol. The third-order valence-electron chi connectivity index (χ3n) is 4.46. The highest BCUT2D eigenvalue weighted by Gasteiger charge is 2.29. The van der Waals surface area contributed by atoms with Crippen LogP contribution in [0, 0.1) is 0 Å². The molecule has 7 heteroatoms. The predicted octanol–water partition coefficient (Wildman–Crippen LogP) is 5.10. The van der Waals surface area contributed by atoms with E-state index in [0.717, 1.165) is 0 Å². The average molecular weight is 407 g/mol. The maximum atomic E-state index is 12.8. The highest BCUT2D eigenvalue weighted by molar-refractivity contribution is 6.33. The third-order valence-corrected chi connectivity index (χ3v) is 4.79. The highest BCUT2D eigenvalue weighted by Crippen LogP contribution is 2.29. The molecule has 29 heavy (non-hydrogen) atoms. The number of carbonyl (C=O) groups excluding carboxylic acids is 1. The minimum atomic E-state index is -1.12. The summed E-state index contributed by atoms with van der Waals surface area (Å²) in [5.74, 6) is -0.433. The summed E-state index contributed by atoms with van der Waals surface area (Å²) in [5, 5.41) is 15.1. The van der Waals surface area contributed by atoms with Gasteiger partial charge in [0, 0.05) is 5.56 Å². The van der Waals surface area contributed by atoms with Crippen LogP contribution in [0.25, 0.3) is 17.4 Å². The lowest BCUT2D eigenvalue weighted by atomic mass is 10.1. The quantitative estimate of drug-likeness (QED) is 0.610. The second-order valence-electron chi connectivity index (χ2n) is 6.40. The van der Waals surface area contributed by atoms with Gasteiger partial charge in [-0.2, -0.15) is 10.1 Å². The number of hydrogen-bond acceptors (Lipinski definition) is 4. The number of aromatic carboxylic acids is 1. The Bertz CT molecular complexity index is 1180. The first-order valence-electron chi connectivity index (χ1n) is 8.74. The zero-order chi connectivity index (χ0) is 20.5. The van der Waals surface area contributed by atoms with Crippen LogP contribution in [-0.4, -0.2) is 22.7 Å². The number of carbonyl (C=O) groups is 2. The fourth-order valence-electron chi connectivity index (χ4n) is 3.00. The van der Waals surface area contributed by atoms with Crippen molar-refractivity contribution >= 4 is 41.0 Å². The Hall–Kier alpha value is -3.64. The van der Waals surface area contributed by atoms with Crippen molar-refractivity contribution in [2.45, 2.75) is 6.92 Å². The molecular weight excluding hydrogens is 392 g/mol. The maximum Gasteiger partial charge on any atom is 0.337 e. The summed E-state index contributed by atoms with van der Waals surface area (Å²) in [4.78, 5) is 24.1. The second kappa shape index (κ2) is 7.41. The van der Waals surface area contributed by atoms with Gasteiger partial charge in [0.15, 0.2) is 0 Å². The van der Waals surface area contributed by atoms with E-state index in [9.17, 15) is 14.7 Å². The van der Waals surface area contributed by atoms with Gasteiger partial charge in [-0.3, -0.25) is 4.79 Å². The van der Waals surface area contributed by atoms with Crippen LogP contribution in [0.15, 0.2) is 75.8 Å². The topological polar surface area (TPSA) is 83.1 Å². The number of rotatable bonds is 4. The molecule has 1 N–H and O–H groups in total. The van der Waals surface area contributed by atoms with E-state index >= 15 is 0 Å². The summed E-state index contributed by atoms with van der Waals surface area (Å²) < 4.78 is 5.81. The molecule has 0 aliphatic carbocycles. The molecule has 0 atom stereocenters. The summed E-state index contributed by atoms with van der Waals surface area (Å²) >= 11 is 5.92. The molecule has 0 saturated heterocycles. The molecule has 0 unspecified atom stereocenters. The lowest BCUT2D eigenvalue weighted by molar-refractivity contribution is -0.114. The van der Waals surface area contributed by atoms with E-state index < -0.39 is 5.97 Å². The fraction of sp³-hybridized carbons (Fsp3) is 0.0455. The number of carboxylic acids is 1. The van der Waals surface area contributed by atoms with E-state index in [1.54, 1.807) is 31.2 Å². The number of anilines is 1. The molecule has 144 valence electrons. The first-order chi connectivity index (χ1) is 13.9. The Balaban J connectivity index is 1.63. The van der Waals surface area contributed by atoms with Crippen LogP contribution < -0.4 is 5.01 Å². The summed E-state index contributed by atoms with van der Waals surface area (Å²) in [7, 11) is 0. The summed E-state index contributed by atoms with van der Waals surface area (Å²) in [6, 6.07) is 17.2. The minimum Gasteiger partial charge on any atom is -0.478 e. The molecule has 3 aromatic rings. The van der Waals surface area contributed by atoms with Gasteiger partial charge in [0.25, 0.3) is 5.91 Å². The second-order valence-corrected chi connectivity index (χ2v) is 6.80. The van der Waals surface area contributed by atoms with Crippen molar-refractivity contribution in [1.29, 1.82) is 0 Å². The van der Waals surface area contributed by atoms with Crippen LogP contribution in [0.1, 0.15) is 23.0 Å². The zero-order valence-electron chi connectivity index (χ0n) is 15.3. The number of hydrogen-bond donors (Lipinski definition) is 1. The van der Waals surface area contributed by atoms with Crippen LogP contribution >= 0.6 is 11.6 Å². The molecule has 0 spiro atoms. The number of nitrogens with zero attached hydrogens (tertiary/aromatic N) is 2. The summed E-state index contributed by atoms with van der Waals surface area (Å²) in [5.41, 5.74) is 2.26. The van der Waals surface area contributed by atoms with Gasteiger partial charge in [0.05, 0.1) is 27.6 Å². The molecule has 2 heterocycles. The first-order valence-corrected chi connectivity index (χ1v) is 9.11. The Morgan fingerprint density at radius 1 is 1.14 bits per heavy atom. The van der Waals surface area contributed by atoms with E-state index in [0.29, 0.717) is 34.1 Å². The van der Waals surface area contributed by atoms with Gasteiger partial charge in [-0.25, -0.2) is 4.79 Å². The van der Waals surface area contributed by atoms with Crippen LogP contribution in [-0.2, 0) is 4.79 Å². The van der Waals surface area contributed by atoms with Crippen LogP contribution in [0.3, 0.4) is 0 Å².